The quantitative estimate of drug-likeness (QED) is 0.803. The standard InChI is InChI=1S/C19H26N2O4/c1-3-14-8-10-15(11-9-14)18(23)25-12-17(22)21-19(24)20-16-7-5-4-6-13(16)2/h8-11,13,16H,3-7,12H2,1-2H3,(H2,20,21,22,24)/t13-,16-/m1/s1. The predicted molar refractivity (Wildman–Crippen MR) is 94.2 cm³/mol. The molecular weight excluding hydrogens is 320 g/mol. The minimum absolute atomic E-state index is 0.0844. The Labute approximate surface area is 148 Å². The molecule has 1 aromatic carbocycles. The summed E-state index contributed by atoms with van der Waals surface area (Å²) in [6.45, 7) is 3.64. The smallest absolute Gasteiger partial charge is 0.338 e. The van der Waals surface area contributed by atoms with Crippen LogP contribution >= 0.6 is 0 Å². The normalized spacial score (nSPS) is 19.8. The van der Waals surface area contributed by atoms with E-state index >= 15 is 0 Å². The van der Waals surface area contributed by atoms with Crippen molar-refractivity contribution in [2.75, 3.05) is 6.61 Å². The summed E-state index contributed by atoms with van der Waals surface area (Å²) in [5.41, 5.74) is 1.49. The number of aryl methyl sites for hydroxylation is 1. The molecule has 136 valence electrons. The third-order valence-electron chi connectivity index (χ3n) is 4.61. The topological polar surface area (TPSA) is 84.5 Å². The first-order valence-corrected chi connectivity index (χ1v) is 8.86. The molecule has 1 aromatic rings. The van der Waals surface area contributed by atoms with Gasteiger partial charge in [0.05, 0.1) is 5.56 Å². The molecule has 25 heavy (non-hydrogen) atoms. The first kappa shape index (κ1) is 19.0. The number of urea groups is 1. The fraction of sp³-hybridized carbons (Fsp3) is 0.526. The van der Waals surface area contributed by atoms with Crippen LogP contribution in [0.3, 0.4) is 0 Å². The second kappa shape index (κ2) is 9.20. The highest BCUT2D eigenvalue weighted by Crippen LogP contribution is 2.23. The van der Waals surface area contributed by atoms with Gasteiger partial charge >= 0.3 is 12.0 Å². The van der Waals surface area contributed by atoms with Crippen molar-refractivity contribution in [2.45, 2.75) is 52.0 Å². The van der Waals surface area contributed by atoms with Crippen molar-refractivity contribution in [3.63, 3.8) is 0 Å². The lowest BCUT2D eigenvalue weighted by atomic mass is 9.86. The lowest BCUT2D eigenvalue weighted by Crippen LogP contribution is -2.48. The van der Waals surface area contributed by atoms with E-state index in [0.717, 1.165) is 31.2 Å². The summed E-state index contributed by atoms with van der Waals surface area (Å²) in [5.74, 6) is -0.822. The van der Waals surface area contributed by atoms with Crippen LogP contribution in [0, 0.1) is 5.92 Å². The van der Waals surface area contributed by atoms with E-state index in [1.165, 1.54) is 6.42 Å². The molecule has 1 saturated carbocycles. The minimum Gasteiger partial charge on any atom is -0.452 e. The molecule has 0 aliphatic heterocycles. The van der Waals surface area contributed by atoms with Gasteiger partial charge in [0.15, 0.2) is 6.61 Å². The highest BCUT2D eigenvalue weighted by molar-refractivity contribution is 5.97. The van der Waals surface area contributed by atoms with E-state index in [1.54, 1.807) is 12.1 Å². The zero-order valence-corrected chi connectivity index (χ0v) is 14.8. The van der Waals surface area contributed by atoms with Crippen molar-refractivity contribution in [1.82, 2.24) is 10.6 Å². The summed E-state index contributed by atoms with van der Waals surface area (Å²) in [5, 5.41) is 5.03. The van der Waals surface area contributed by atoms with Crippen LogP contribution in [0.2, 0.25) is 0 Å². The van der Waals surface area contributed by atoms with Gasteiger partial charge in [0.25, 0.3) is 5.91 Å². The lowest BCUT2D eigenvalue weighted by molar-refractivity contribution is -0.123. The molecule has 1 aliphatic rings. The lowest BCUT2D eigenvalue weighted by Gasteiger charge is -2.29. The Morgan fingerprint density at radius 3 is 2.44 bits per heavy atom. The number of hydrogen-bond donors (Lipinski definition) is 2. The van der Waals surface area contributed by atoms with E-state index in [4.69, 9.17) is 4.74 Å². The second-order valence-electron chi connectivity index (χ2n) is 6.52. The van der Waals surface area contributed by atoms with Gasteiger partial charge in [-0.1, -0.05) is 38.8 Å². The maximum Gasteiger partial charge on any atom is 0.338 e. The van der Waals surface area contributed by atoms with Crippen LogP contribution in [0.25, 0.3) is 0 Å². The molecule has 1 aliphatic carbocycles. The van der Waals surface area contributed by atoms with Crippen LogP contribution < -0.4 is 10.6 Å². The van der Waals surface area contributed by atoms with Gasteiger partial charge in [-0.15, -0.1) is 0 Å². The molecule has 0 radical (unpaired) electrons. The van der Waals surface area contributed by atoms with Crippen molar-refractivity contribution in [2.24, 2.45) is 5.92 Å². The SMILES string of the molecule is CCc1ccc(C(=O)OCC(=O)NC(=O)N[C@@H]2CCCC[C@H]2C)cc1. The van der Waals surface area contributed by atoms with Crippen LogP contribution in [0.1, 0.15) is 55.5 Å². The Morgan fingerprint density at radius 1 is 1.12 bits per heavy atom. The fourth-order valence-corrected chi connectivity index (χ4v) is 2.99. The molecule has 6 heteroatoms. The molecule has 0 saturated heterocycles. The van der Waals surface area contributed by atoms with Crippen molar-refractivity contribution in [3.05, 3.63) is 35.4 Å². The zero-order valence-electron chi connectivity index (χ0n) is 14.8. The van der Waals surface area contributed by atoms with E-state index in [0.29, 0.717) is 11.5 Å². The van der Waals surface area contributed by atoms with E-state index in [9.17, 15) is 14.4 Å². The monoisotopic (exact) mass is 346 g/mol. The molecule has 1 fully saturated rings. The van der Waals surface area contributed by atoms with Crippen LogP contribution in [-0.2, 0) is 16.0 Å². The first-order valence-electron chi connectivity index (χ1n) is 8.86. The van der Waals surface area contributed by atoms with Crippen LogP contribution in [-0.4, -0.2) is 30.6 Å². The molecule has 0 unspecified atom stereocenters. The fourth-order valence-electron chi connectivity index (χ4n) is 2.99. The van der Waals surface area contributed by atoms with Crippen LogP contribution in [0.4, 0.5) is 4.79 Å². The Morgan fingerprint density at radius 2 is 1.80 bits per heavy atom. The van der Waals surface area contributed by atoms with Crippen LogP contribution in [0.5, 0.6) is 0 Å². The van der Waals surface area contributed by atoms with E-state index in [1.807, 2.05) is 19.1 Å². The van der Waals surface area contributed by atoms with Gasteiger partial charge in [-0.3, -0.25) is 10.1 Å². The third kappa shape index (κ3) is 5.89. The zero-order chi connectivity index (χ0) is 18.2. The van der Waals surface area contributed by atoms with Crippen molar-refractivity contribution in [1.29, 1.82) is 0 Å². The molecule has 2 N–H and O–H groups in total. The number of carbonyl (C=O) groups excluding carboxylic acids is 3. The number of nitrogens with one attached hydrogen (secondary N) is 2. The minimum atomic E-state index is -0.639. The van der Waals surface area contributed by atoms with Crippen molar-refractivity contribution < 1.29 is 19.1 Å². The summed E-state index contributed by atoms with van der Waals surface area (Å²) in [4.78, 5) is 35.5. The molecule has 2 rings (SSSR count). The predicted octanol–water partition coefficient (Wildman–Crippen LogP) is 2.81. The van der Waals surface area contributed by atoms with E-state index < -0.39 is 24.5 Å². The van der Waals surface area contributed by atoms with Crippen molar-refractivity contribution in [3.8, 4) is 0 Å². The number of benzene rings is 1. The summed E-state index contributed by atoms with van der Waals surface area (Å²) >= 11 is 0. The summed E-state index contributed by atoms with van der Waals surface area (Å²) in [6.07, 6.45) is 5.14. The Bertz CT molecular complexity index is 612. The number of imide groups is 1. The van der Waals surface area contributed by atoms with Gasteiger partial charge in [0.1, 0.15) is 0 Å². The van der Waals surface area contributed by atoms with Gasteiger partial charge in [0.2, 0.25) is 0 Å². The molecule has 6 nitrogen and oxygen atoms in total. The average molecular weight is 346 g/mol. The highest BCUT2D eigenvalue weighted by Gasteiger charge is 2.23. The molecule has 2 atom stereocenters. The van der Waals surface area contributed by atoms with E-state index in [-0.39, 0.29) is 6.04 Å². The molecule has 0 bridgehead atoms. The van der Waals surface area contributed by atoms with Crippen LogP contribution in [0.15, 0.2) is 24.3 Å². The maximum absolute atomic E-state index is 11.9. The number of rotatable bonds is 5. The van der Waals surface area contributed by atoms with Gasteiger partial charge in [-0.05, 0) is 42.9 Å². The highest BCUT2D eigenvalue weighted by atomic mass is 16.5. The molecule has 3 amide bonds. The third-order valence-corrected chi connectivity index (χ3v) is 4.61. The molecular formula is C19H26N2O4. The molecule has 0 aromatic heterocycles. The molecule has 0 heterocycles. The Kier molecular flexibility index (Phi) is 6.98. The number of esters is 1. The number of carbonyl (C=O) groups is 3. The van der Waals surface area contributed by atoms with Gasteiger partial charge in [-0.2, -0.15) is 0 Å². The number of hydrogen-bond acceptors (Lipinski definition) is 4. The number of amides is 3. The maximum atomic E-state index is 11.9. The van der Waals surface area contributed by atoms with E-state index in [2.05, 4.69) is 17.6 Å². The van der Waals surface area contributed by atoms with Gasteiger partial charge in [0, 0.05) is 6.04 Å². The average Bonchev–Trinajstić information content (AvgIpc) is 2.61. The Balaban J connectivity index is 1.73. The van der Waals surface area contributed by atoms with Crippen molar-refractivity contribution >= 4 is 17.9 Å². The second-order valence-corrected chi connectivity index (χ2v) is 6.52. The summed E-state index contributed by atoms with van der Waals surface area (Å²) < 4.78 is 4.94. The van der Waals surface area contributed by atoms with Gasteiger partial charge < -0.3 is 10.1 Å². The van der Waals surface area contributed by atoms with Gasteiger partial charge in [-0.25, -0.2) is 9.59 Å². The molecule has 0 spiro atoms. The first-order chi connectivity index (χ1) is 12.0. The number of ether oxygens (including phenoxy) is 1. The largest absolute Gasteiger partial charge is 0.452 e. The summed E-state index contributed by atoms with van der Waals surface area (Å²) in [7, 11) is 0. The summed E-state index contributed by atoms with van der Waals surface area (Å²) in [6, 6.07) is 6.56. The Hall–Kier alpha value is -2.37.